The van der Waals surface area contributed by atoms with Gasteiger partial charge in [0.1, 0.15) is 12.1 Å². The number of halogens is 1. The van der Waals surface area contributed by atoms with Gasteiger partial charge in [-0.3, -0.25) is 9.59 Å². The van der Waals surface area contributed by atoms with E-state index in [-0.39, 0.29) is 18.1 Å². The van der Waals surface area contributed by atoms with Crippen molar-refractivity contribution < 1.29 is 19.1 Å². The van der Waals surface area contributed by atoms with Crippen LogP contribution in [0, 0.1) is 0 Å². The van der Waals surface area contributed by atoms with Crippen molar-refractivity contribution in [3.63, 3.8) is 0 Å². The molecule has 3 rings (SSSR count). The third-order valence-corrected chi connectivity index (χ3v) is 5.39. The third-order valence-electron chi connectivity index (χ3n) is 3.20. The van der Waals surface area contributed by atoms with E-state index in [9.17, 15) is 9.59 Å². The van der Waals surface area contributed by atoms with Crippen molar-refractivity contribution in [3.05, 3.63) is 45.1 Å². The van der Waals surface area contributed by atoms with Crippen LogP contribution in [0.2, 0.25) is 5.02 Å². The fourth-order valence-electron chi connectivity index (χ4n) is 2.00. The number of thiophene rings is 1. The number of aliphatic hydroxyl groups excluding tert-OH is 1. The summed E-state index contributed by atoms with van der Waals surface area (Å²) in [5.41, 5.74) is 1.28. The highest BCUT2D eigenvalue weighted by Crippen LogP contribution is 2.27. The van der Waals surface area contributed by atoms with E-state index < -0.39 is 12.5 Å². The first-order chi connectivity index (χ1) is 12.0. The number of oxazole rings is 1. The van der Waals surface area contributed by atoms with Gasteiger partial charge in [0.15, 0.2) is 11.4 Å². The van der Waals surface area contributed by atoms with Gasteiger partial charge in [0.25, 0.3) is 5.22 Å². The molecule has 1 aromatic carbocycles. The standard InChI is InChI=1S/C16H13ClN2O4S2/c17-9-1-3-13-11(5-9)19-16(23-13)24-8-12(21)14-4-2-10(25-14)6-18-15(22)7-20/h1-5,20H,6-8H2,(H,18,22). The first kappa shape index (κ1) is 17.9. The van der Waals surface area contributed by atoms with E-state index in [1.54, 1.807) is 30.3 Å². The smallest absolute Gasteiger partial charge is 0.257 e. The van der Waals surface area contributed by atoms with Crippen LogP contribution in [0.3, 0.4) is 0 Å². The molecule has 2 aromatic heterocycles. The zero-order chi connectivity index (χ0) is 17.8. The molecule has 0 aliphatic rings. The average Bonchev–Trinajstić information content (AvgIpc) is 3.23. The van der Waals surface area contributed by atoms with Gasteiger partial charge in [0.05, 0.1) is 17.2 Å². The van der Waals surface area contributed by atoms with Crippen LogP contribution >= 0.6 is 34.7 Å². The number of amides is 1. The van der Waals surface area contributed by atoms with E-state index in [1.807, 2.05) is 0 Å². The van der Waals surface area contributed by atoms with Crippen molar-refractivity contribution in [2.45, 2.75) is 11.8 Å². The Labute approximate surface area is 156 Å². The first-order valence-electron chi connectivity index (χ1n) is 7.23. The van der Waals surface area contributed by atoms with Crippen molar-refractivity contribution in [1.82, 2.24) is 10.3 Å². The monoisotopic (exact) mass is 396 g/mol. The summed E-state index contributed by atoms with van der Waals surface area (Å²) in [5, 5.41) is 12.2. The molecule has 3 aromatic rings. The lowest BCUT2D eigenvalue weighted by molar-refractivity contribution is -0.123. The van der Waals surface area contributed by atoms with E-state index in [0.29, 0.717) is 26.2 Å². The summed E-state index contributed by atoms with van der Waals surface area (Å²) in [7, 11) is 0. The lowest BCUT2D eigenvalue weighted by Crippen LogP contribution is -2.25. The summed E-state index contributed by atoms with van der Waals surface area (Å²) in [6, 6.07) is 8.67. The maximum atomic E-state index is 12.3. The maximum absolute atomic E-state index is 12.3. The molecule has 1 amide bonds. The van der Waals surface area contributed by atoms with E-state index in [4.69, 9.17) is 21.1 Å². The quantitative estimate of drug-likeness (QED) is 0.471. The van der Waals surface area contributed by atoms with Crippen molar-refractivity contribution >= 4 is 57.5 Å². The van der Waals surface area contributed by atoms with Gasteiger partial charge in [0, 0.05) is 9.90 Å². The number of nitrogens with zero attached hydrogens (tertiary/aromatic N) is 1. The van der Waals surface area contributed by atoms with Crippen molar-refractivity contribution in [2.75, 3.05) is 12.4 Å². The lowest BCUT2D eigenvalue weighted by atomic mass is 10.3. The normalized spacial score (nSPS) is 11.0. The minimum absolute atomic E-state index is 0.0463. The number of carbonyl (C=O) groups excluding carboxylic acids is 2. The number of Topliss-reactive ketones (excluding diaryl/α,β-unsaturated/α-hetero) is 1. The van der Waals surface area contributed by atoms with Gasteiger partial charge in [-0.2, -0.15) is 0 Å². The highest BCUT2D eigenvalue weighted by atomic mass is 35.5. The van der Waals surface area contributed by atoms with Crippen LogP contribution < -0.4 is 5.32 Å². The van der Waals surface area contributed by atoms with Gasteiger partial charge >= 0.3 is 0 Å². The second-order valence-electron chi connectivity index (χ2n) is 5.00. The second-order valence-corrected chi connectivity index (χ2v) is 7.54. The minimum atomic E-state index is -0.552. The maximum Gasteiger partial charge on any atom is 0.257 e. The topological polar surface area (TPSA) is 92.4 Å². The molecule has 0 radical (unpaired) electrons. The van der Waals surface area contributed by atoms with Crippen LogP contribution in [0.4, 0.5) is 0 Å². The number of hydrogen-bond acceptors (Lipinski definition) is 7. The molecule has 0 unspecified atom stereocenters. The Kier molecular flexibility index (Phi) is 5.74. The largest absolute Gasteiger partial charge is 0.431 e. The second kappa shape index (κ2) is 8.01. The van der Waals surface area contributed by atoms with Gasteiger partial charge in [-0.1, -0.05) is 23.4 Å². The number of carbonyl (C=O) groups is 2. The Morgan fingerprint density at radius 2 is 2.16 bits per heavy atom. The minimum Gasteiger partial charge on any atom is -0.431 e. The molecule has 0 aliphatic heterocycles. The third kappa shape index (κ3) is 4.60. The Balaban J connectivity index is 1.58. The SMILES string of the molecule is O=C(CO)NCc1ccc(C(=O)CSc2nc3cc(Cl)ccc3o2)s1. The Bertz CT molecular complexity index is 922. The van der Waals surface area contributed by atoms with E-state index in [0.717, 1.165) is 4.88 Å². The molecule has 0 atom stereocenters. The highest BCUT2D eigenvalue weighted by molar-refractivity contribution is 7.99. The van der Waals surface area contributed by atoms with E-state index in [2.05, 4.69) is 10.3 Å². The molecule has 25 heavy (non-hydrogen) atoms. The number of ketones is 1. The van der Waals surface area contributed by atoms with Gasteiger partial charge < -0.3 is 14.8 Å². The Morgan fingerprint density at radius 1 is 1.32 bits per heavy atom. The van der Waals surface area contributed by atoms with E-state index in [1.165, 1.54) is 23.1 Å². The van der Waals surface area contributed by atoms with Gasteiger partial charge in [-0.05, 0) is 30.3 Å². The van der Waals surface area contributed by atoms with Crippen LogP contribution in [-0.2, 0) is 11.3 Å². The highest BCUT2D eigenvalue weighted by Gasteiger charge is 2.13. The van der Waals surface area contributed by atoms with Crippen molar-refractivity contribution in [3.8, 4) is 0 Å². The molecule has 0 fully saturated rings. The first-order valence-corrected chi connectivity index (χ1v) is 9.41. The van der Waals surface area contributed by atoms with Gasteiger partial charge in [0.2, 0.25) is 5.91 Å². The Morgan fingerprint density at radius 3 is 2.96 bits per heavy atom. The lowest BCUT2D eigenvalue weighted by Gasteiger charge is -1.99. The fraction of sp³-hybridized carbons (Fsp3) is 0.188. The molecular weight excluding hydrogens is 384 g/mol. The van der Waals surface area contributed by atoms with E-state index >= 15 is 0 Å². The molecular formula is C16H13ClN2O4S2. The van der Waals surface area contributed by atoms with Crippen LogP contribution in [0.15, 0.2) is 40.0 Å². The van der Waals surface area contributed by atoms with Crippen LogP contribution in [0.25, 0.3) is 11.1 Å². The molecule has 0 aliphatic carbocycles. The molecule has 0 bridgehead atoms. The van der Waals surface area contributed by atoms with Gasteiger partial charge in [-0.15, -0.1) is 11.3 Å². The number of hydrogen-bond donors (Lipinski definition) is 2. The molecule has 0 saturated carbocycles. The predicted molar refractivity (Wildman–Crippen MR) is 97.3 cm³/mol. The van der Waals surface area contributed by atoms with Crippen LogP contribution in [-0.4, -0.2) is 34.1 Å². The Hall–Kier alpha value is -1.87. The summed E-state index contributed by atoms with van der Waals surface area (Å²) in [5.74, 6) is -0.299. The van der Waals surface area contributed by atoms with Crippen molar-refractivity contribution in [2.24, 2.45) is 0 Å². The average molecular weight is 397 g/mol. The van der Waals surface area contributed by atoms with Crippen LogP contribution in [0.1, 0.15) is 14.5 Å². The number of fused-ring (bicyclic) bond motifs is 1. The summed E-state index contributed by atoms with van der Waals surface area (Å²) in [4.78, 5) is 29.0. The van der Waals surface area contributed by atoms with Crippen LogP contribution in [0.5, 0.6) is 0 Å². The summed E-state index contributed by atoms with van der Waals surface area (Å²) in [6.07, 6.45) is 0. The molecule has 9 heteroatoms. The number of nitrogens with one attached hydrogen (secondary N) is 1. The summed E-state index contributed by atoms with van der Waals surface area (Å²) < 4.78 is 5.57. The zero-order valence-electron chi connectivity index (χ0n) is 12.8. The number of rotatable bonds is 7. The fourth-order valence-corrected chi connectivity index (χ4v) is 3.87. The molecule has 0 saturated heterocycles. The molecule has 2 N–H and O–H groups in total. The summed E-state index contributed by atoms with van der Waals surface area (Å²) >= 11 is 8.44. The molecule has 0 spiro atoms. The number of aliphatic hydroxyl groups is 1. The van der Waals surface area contributed by atoms with Crippen molar-refractivity contribution in [1.29, 1.82) is 0 Å². The number of benzene rings is 1. The summed E-state index contributed by atoms with van der Waals surface area (Å²) in [6.45, 7) is -0.264. The molecule has 130 valence electrons. The molecule has 6 nitrogen and oxygen atoms in total. The predicted octanol–water partition coefficient (Wildman–Crippen LogP) is 3.13. The number of aromatic nitrogens is 1. The molecule has 2 heterocycles. The number of thioether (sulfide) groups is 1. The zero-order valence-corrected chi connectivity index (χ0v) is 15.2. The van der Waals surface area contributed by atoms with Gasteiger partial charge in [-0.25, -0.2) is 4.98 Å².